The molecule has 106 valence electrons. The Morgan fingerprint density at radius 3 is 2.35 bits per heavy atom. The van der Waals surface area contributed by atoms with E-state index in [-0.39, 0.29) is 5.91 Å². The van der Waals surface area contributed by atoms with Gasteiger partial charge in [-0.2, -0.15) is 0 Å². The fourth-order valence-electron chi connectivity index (χ4n) is 2.05. The van der Waals surface area contributed by atoms with Crippen molar-refractivity contribution in [2.45, 2.75) is 20.4 Å². The summed E-state index contributed by atoms with van der Waals surface area (Å²) >= 11 is 0. The Labute approximate surface area is 119 Å². The quantitative estimate of drug-likeness (QED) is 0.931. The number of furan rings is 1. The van der Waals surface area contributed by atoms with Gasteiger partial charge in [0.1, 0.15) is 11.5 Å². The maximum atomic E-state index is 12.0. The number of carbonyl (C=O) groups excluding carboxylic acids is 1. The molecule has 4 nitrogen and oxygen atoms in total. The molecule has 0 aliphatic heterocycles. The van der Waals surface area contributed by atoms with Crippen LogP contribution in [0, 0.1) is 13.8 Å². The van der Waals surface area contributed by atoms with Gasteiger partial charge in [0.15, 0.2) is 0 Å². The first-order valence-electron chi connectivity index (χ1n) is 6.59. The number of aryl methyl sites for hydroxylation is 2. The number of nitrogens with zero attached hydrogens (tertiary/aromatic N) is 1. The Bertz CT molecular complexity index is 597. The summed E-state index contributed by atoms with van der Waals surface area (Å²) in [4.78, 5) is 14.1. The van der Waals surface area contributed by atoms with Crippen LogP contribution in [-0.4, -0.2) is 20.0 Å². The second-order valence-corrected chi connectivity index (χ2v) is 5.07. The van der Waals surface area contributed by atoms with Crippen molar-refractivity contribution in [3.63, 3.8) is 0 Å². The maximum absolute atomic E-state index is 12.0. The third-order valence-electron chi connectivity index (χ3n) is 3.19. The van der Waals surface area contributed by atoms with Gasteiger partial charge in [0.25, 0.3) is 5.91 Å². The molecule has 1 heterocycles. The molecule has 0 unspecified atom stereocenters. The fraction of sp³-hybridized carbons (Fsp3) is 0.312. The molecular formula is C16H20N2O2. The third-order valence-corrected chi connectivity index (χ3v) is 3.19. The summed E-state index contributed by atoms with van der Waals surface area (Å²) < 4.78 is 5.36. The normalized spacial score (nSPS) is 10.4. The molecule has 0 spiro atoms. The van der Waals surface area contributed by atoms with Crippen LogP contribution in [0.1, 0.15) is 27.4 Å². The molecule has 0 radical (unpaired) electrons. The molecule has 20 heavy (non-hydrogen) atoms. The number of hydrogen-bond donors (Lipinski definition) is 1. The van der Waals surface area contributed by atoms with Crippen molar-refractivity contribution in [1.29, 1.82) is 0 Å². The largest absolute Gasteiger partial charge is 0.466 e. The average Bonchev–Trinajstić information content (AvgIpc) is 2.75. The monoisotopic (exact) mass is 272 g/mol. The van der Waals surface area contributed by atoms with Crippen molar-refractivity contribution >= 4 is 11.6 Å². The minimum Gasteiger partial charge on any atom is -0.466 e. The van der Waals surface area contributed by atoms with E-state index in [0.29, 0.717) is 17.9 Å². The summed E-state index contributed by atoms with van der Waals surface area (Å²) in [7, 11) is 4.00. The summed E-state index contributed by atoms with van der Waals surface area (Å²) in [5.41, 5.74) is 2.82. The second-order valence-electron chi connectivity index (χ2n) is 5.07. The summed E-state index contributed by atoms with van der Waals surface area (Å²) in [6.45, 7) is 4.15. The Balaban J connectivity index is 1.98. The van der Waals surface area contributed by atoms with E-state index in [2.05, 4.69) is 5.32 Å². The van der Waals surface area contributed by atoms with Crippen LogP contribution in [0.15, 0.2) is 34.7 Å². The summed E-state index contributed by atoms with van der Waals surface area (Å²) in [6.07, 6.45) is 0. The van der Waals surface area contributed by atoms with Gasteiger partial charge in [0.2, 0.25) is 0 Å². The molecule has 0 aliphatic rings. The fourth-order valence-corrected chi connectivity index (χ4v) is 2.05. The standard InChI is InChI=1S/C16H20N2O2/c1-11-9-15(12(2)20-11)16(19)17-10-13-5-7-14(8-6-13)18(3)4/h5-9H,10H2,1-4H3,(H,17,19). The molecule has 4 heteroatoms. The molecule has 1 aromatic heterocycles. The van der Waals surface area contributed by atoms with Crippen LogP contribution in [0.4, 0.5) is 5.69 Å². The van der Waals surface area contributed by atoms with Crippen LogP contribution in [0.3, 0.4) is 0 Å². The first kappa shape index (κ1) is 14.2. The molecule has 0 bridgehead atoms. The molecule has 0 saturated carbocycles. The zero-order valence-corrected chi connectivity index (χ0v) is 12.4. The Hall–Kier alpha value is -2.23. The number of amides is 1. The zero-order valence-electron chi connectivity index (χ0n) is 12.4. The smallest absolute Gasteiger partial charge is 0.255 e. The summed E-state index contributed by atoms with van der Waals surface area (Å²) in [5, 5.41) is 2.91. The molecule has 1 amide bonds. The predicted octanol–water partition coefficient (Wildman–Crippen LogP) is 2.89. The van der Waals surface area contributed by atoms with E-state index >= 15 is 0 Å². The lowest BCUT2D eigenvalue weighted by atomic mass is 10.2. The van der Waals surface area contributed by atoms with Gasteiger partial charge in [-0.25, -0.2) is 0 Å². The minimum absolute atomic E-state index is 0.101. The average molecular weight is 272 g/mol. The number of anilines is 1. The Morgan fingerprint density at radius 2 is 1.85 bits per heavy atom. The Kier molecular flexibility index (Phi) is 4.13. The lowest BCUT2D eigenvalue weighted by Gasteiger charge is -2.12. The van der Waals surface area contributed by atoms with E-state index in [4.69, 9.17) is 4.42 Å². The number of benzene rings is 1. The maximum Gasteiger partial charge on any atom is 0.255 e. The molecule has 2 rings (SSSR count). The zero-order chi connectivity index (χ0) is 14.7. The Morgan fingerprint density at radius 1 is 1.20 bits per heavy atom. The van der Waals surface area contributed by atoms with Crippen LogP contribution in [0.5, 0.6) is 0 Å². The van der Waals surface area contributed by atoms with Crippen molar-refractivity contribution in [2.24, 2.45) is 0 Å². The first-order valence-corrected chi connectivity index (χ1v) is 6.59. The molecule has 2 aromatic rings. The first-order chi connectivity index (χ1) is 9.47. The molecule has 1 N–H and O–H groups in total. The second kappa shape index (κ2) is 5.82. The van der Waals surface area contributed by atoms with Crippen LogP contribution in [-0.2, 0) is 6.54 Å². The highest BCUT2D eigenvalue weighted by atomic mass is 16.3. The SMILES string of the molecule is Cc1cc(C(=O)NCc2ccc(N(C)C)cc2)c(C)o1. The molecule has 0 saturated heterocycles. The third kappa shape index (κ3) is 3.20. The van der Waals surface area contributed by atoms with Gasteiger partial charge in [-0.15, -0.1) is 0 Å². The number of nitrogens with one attached hydrogen (secondary N) is 1. The molecular weight excluding hydrogens is 252 g/mol. The summed E-state index contributed by atoms with van der Waals surface area (Å²) in [5.74, 6) is 1.31. The lowest BCUT2D eigenvalue weighted by Crippen LogP contribution is -2.23. The van der Waals surface area contributed by atoms with Crippen molar-refractivity contribution in [2.75, 3.05) is 19.0 Å². The number of rotatable bonds is 4. The van der Waals surface area contributed by atoms with Crippen LogP contribution >= 0.6 is 0 Å². The number of hydrogen-bond acceptors (Lipinski definition) is 3. The van der Waals surface area contributed by atoms with E-state index in [1.807, 2.05) is 50.2 Å². The molecule has 0 atom stereocenters. The van der Waals surface area contributed by atoms with Crippen molar-refractivity contribution < 1.29 is 9.21 Å². The molecule has 0 fully saturated rings. The number of carbonyl (C=O) groups is 1. The van der Waals surface area contributed by atoms with Crippen LogP contribution < -0.4 is 10.2 Å². The van der Waals surface area contributed by atoms with Gasteiger partial charge in [0, 0.05) is 26.3 Å². The van der Waals surface area contributed by atoms with Gasteiger partial charge < -0.3 is 14.6 Å². The van der Waals surface area contributed by atoms with Gasteiger partial charge in [-0.05, 0) is 37.6 Å². The van der Waals surface area contributed by atoms with E-state index in [9.17, 15) is 4.79 Å². The van der Waals surface area contributed by atoms with E-state index in [1.165, 1.54) is 0 Å². The minimum atomic E-state index is -0.101. The predicted molar refractivity (Wildman–Crippen MR) is 80.1 cm³/mol. The highest BCUT2D eigenvalue weighted by molar-refractivity contribution is 5.95. The topological polar surface area (TPSA) is 45.5 Å². The van der Waals surface area contributed by atoms with E-state index in [0.717, 1.165) is 17.0 Å². The van der Waals surface area contributed by atoms with Gasteiger partial charge in [-0.3, -0.25) is 4.79 Å². The molecule has 1 aromatic carbocycles. The highest BCUT2D eigenvalue weighted by Crippen LogP contribution is 2.14. The van der Waals surface area contributed by atoms with Crippen molar-refractivity contribution in [3.05, 3.63) is 53.0 Å². The van der Waals surface area contributed by atoms with Crippen LogP contribution in [0.2, 0.25) is 0 Å². The summed E-state index contributed by atoms with van der Waals surface area (Å²) in [6, 6.07) is 9.87. The van der Waals surface area contributed by atoms with Crippen molar-refractivity contribution in [1.82, 2.24) is 5.32 Å². The molecule has 0 aliphatic carbocycles. The van der Waals surface area contributed by atoms with Crippen molar-refractivity contribution in [3.8, 4) is 0 Å². The van der Waals surface area contributed by atoms with Gasteiger partial charge >= 0.3 is 0 Å². The van der Waals surface area contributed by atoms with Crippen LogP contribution in [0.25, 0.3) is 0 Å². The van der Waals surface area contributed by atoms with Gasteiger partial charge in [0.05, 0.1) is 5.56 Å². The highest BCUT2D eigenvalue weighted by Gasteiger charge is 2.12. The lowest BCUT2D eigenvalue weighted by molar-refractivity contribution is 0.0949. The van der Waals surface area contributed by atoms with Gasteiger partial charge in [-0.1, -0.05) is 12.1 Å². The van der Waals surface area contributed by atoms with E-state index < -0.39 is 0 Å². The van der Waals surface area contributed by atoms with E-state index in [1.54, 1.807) is 13.0 Å².